The molecule has 0 bridgehead atoms. The molecule has 0 spiro atoms. The van der Waals surface area contributed by atoms with Crippen LogP contribution in [0.5, 0.6) is 0 Å². The third kappa shape index (κ3) is 1.39. The summed E-state index contributed by atoms with van der Waals surface area (Å²) >= 11 is 0. The summed E-state index contributed by atoms with van der Waals surface area (Å²) in [6.45, 7) is 6.46. The second kappa shape index (κ2) is 2.52. The Morgan fingerprint density at radius 2 is 2.08 bits per heavy atom. The van der Waals surface area contributed by atoms with E-state index in [4.69, 9.17) is 0 Å². The zero-order chi connectivity index (χ0) is 9.47. The maximum atomic E-state index is 4.20. The third-order valence-corrected chi connectivity index (χ3v) is 2.02. The summed E-state index contributed by atoms with van der Waals surface area (Å²) in [6, 6.07) is 0. The van der Waals surface area contributed by atoms with Crippen molar-refractivity contribution in [2.24, 2.45) is 0 Å². The molecule has 4 nitrogen and oxygen atoms in total. The fourth-order valence-corrected chi connectivity index (χ4v) is 1.12. The van der Waals surface area contributed by atoms with Crippen LogP contribution in [0.2, 0.25) is 0 Å². The van der Waals surface area contributed by atoms with Gasteiger partial charge in [-0.2, -0.15) is 0 Å². The number of nitrogens with zero attached hydrogens (tertiary/aromatic N) is 4. The van der Waals surface area contributed by atoms with Crippen molar-refractivity contribution in [2.45, 2.75) is 26.2 Å². The van der Waals surface area contributed by atoms with Gasteiger partial charge in [-0.05, 0) is 11.0 Å². The highest BCUT2D eigenvalue weighted by Crippen LogP contribution is 2.20. The summed E-state index contributed by atoms with van der Waals surface area (Å²) in [6.07, 6.45) is 5.53. The Morgan fingerprint density at radius 1 is 1.31 bits per heavy atom. The van der Waals surface area contributed by atoms with Crippen LogP contribution in [0.25, 0.3) is 5.78 Å². The highest BCUT2D eigenvalue weighted by atomic mass is 15.3. The minimum Gasteiger partial charge on any atom is -0.273 e. The van der Waals surface area contributed by atoms with Gasteiger partial charge in [-0.1, -0.05) is 20.8 Å². The summed E-state index contributed by atoms with van der Waals surface area (Å²) in [7, 11) is 0. The molecule has 0 aromatic carbocycles. The molecule has 4 heteroatoms. The van der Waals surface area contributed by atoms with Gasteiger partial charge >= 0.3 is 0 Å². The van der Waals surface area contributed by atoms with E-state index in [1.165, 1.54) is 5.56 Å². The maximum Gasteiger partial charge on any atom is 0.254 e. The van der Waals surface area contributed by atoms with E-state index in [2.05, 4.69) is 36.0 Å². The van der Waals surface area contributed by atoms with Crippen LogP contribution in [-0.2, 0) is 5.41 Å². The van der Waals surface area contributed by atoms with Crippen molar-refractivity contribution in [3.05, 3.63) is 24.3 Å². The molecule has 0 aliphatic carbocycles. The summed E-state index contributed by atoms with van der Waals surface area (Å²) < 4.78 is 1.83. The Balaban J connectivity index is 2.61. The Hall–Kier alpha value is -1.45. The van der Waals surface area contributed by atoms with Gasteiger partial charge in [0.05, 0.1) is 0 Å². The van der Waals surface area contributed by atoms with Crippen LogP contribution in [-0.4, -0.2) is 19.6 Å². The van der Waals surface area contributed by atoms with Crippen molar-refractivity contribution >= 4 is 5.78 Å². The molecule has 0 saturated carbocycles. The third-order valence-electron chi connectivity index (χ3n) is 2.02. The molecule has 2 aromatic heterocycles. The van der Waals surface area contributed by atoms with Gasteiger partial charge in [-0.25, -0.2) is 4.98 Å². The quantitative estimate of drug-likeness (QED) is 0.609. The Labute approximate surface area is 76.6 Å². The lowest BCUT2D eigenvalue weighted by Crippen LogP contribution is -2.12. The minimum atomic E-state index is 0.117. The lowest BCUT2D eigenvalue weighted by molar-refractivity contribution is 0.583. The molecule has 0 saturated heterocycles. The predicted octanol–water partition coefficient (Wildman–Crippen LogP) is 1.42. The minimum absolute atomic E-state index is 0.117. The van der Waals surface area contributed by atoms with E-state index >= 15 is 0 Å². The molecule has 13 heavy (non-hydrogen) atoms. The van der Waals surface area contributed by atoms with E-state index in [1.54, 1.807) is 6.33 Å². The summed E-state index contributed by atoms with van der Waals surface area (Å²) in [5.41, 5.74) is 1.30. The van der Waals surface area contributed by atoms with Crippen molar-refractivity contribution < 1.29 is 0 Å². The fourth-order valence-electron chi connectivity index (χ4n) is 1.12. The van der Waals surface area contributed by atoms with Gasteiger partial charge in [-0.15, -0.1) is 10.2 Å². The number of hydrogen-bond donors (Lipinski definition) is 0. The molecule has 0 N–H and O–H groups in total. The van der Waals surface area contributed by atoms with Crippen LogP contribution >= 0.6 is 0 Å². The lowest BCUT2D eigenvalue weighted by Gasteiger charge is -2.17. The highest BCUT2D eigenvalue weighted by Gasteiger charge is 2.14. The second-order valence-electron chi connectivity index (χ2n) is 4.13. The summed E-state index contributed by atoms with van der Waals surface area (Å²) in [5.74, 6) is 0.646. The highest BCUT2D eigenvalue weighted by molar-refractivity contribution is 5.28. The molecular weight excluding hydrogens is 164 g/mol. The molecule has 0 unspecified atom stereocenters. The lowest BCUT2D eigenvalue weighted by atomic mass is 9.89. The monoisotopic (exact) mass is 176 g/mol. The zero-order valence-corrected chi connectivity index (χ0v) is 8.02. The largest absolute Gasteiger partial charge is 0.273 e. The van der Waals surface area contributed by atoms with E-state index in [1.807, 2.05) is 16.8 Å². The van der Waals surface area contributed by atoms with Crippen molar-refractivity contribution in [2.75, 3.05) is 0 Å². The van der Waals surface area contributed by atoms with E-state index in [0.29, 0.717) is 5.78 Å². The fraction of sp³-hybridized carbons (Fsp3) is 0.444. The van der Waals surface area contributed by atoms with Gasteiger partial charge in [0.1, 0.15) is 6.33 Å². The van der Waals surface area contributed by atoms with E-state index < -0.39 is 0 Å². The SMILES string of the molecule is CC(C)(C)c1cnc2nncn2c1. The molecule has 0 atom stereocenters. The Bertz CT molecular complexity index is 424. The first-order valence-corrected chi connectivity index (χ1v) is 4.23. The van der Waals surface area contributed by atoms with Gasteiger partial charge in [-0.3, -0.25) is 4.40 Å². The first kappa shape index (κ1) is 8.16. The van der Waals surface area contributed by atoms with Crippen molar-refractivity contribution in [3.8, 4) is 0 Å². The van der Waals surface area contributed by atoms with Crippen LogP contribution in [0.15, 0.2) is 18.7 Å². The van der Waals surface area contributed by atoms with Gasteiger partial charge in [0.25, 0.3) is 5.78 Å². The van der Waals surface area contributed by atoms with E-state index in [9.17, 15) is 0 Å². The molecular formula is C9H12N4. The Morgan fingerprint density at radius 3 is 2.77 bits per heavy atom. The molecule has 0 fully saturated rings. The molecule has 0 amide bonds. The van der Waals surface area contributed by atoms with Gasteiger partial charge in [0.15, 0.2) is 0 Å². The van der Waals surface area contributed by atoms with Crippen molar-refractivity contribution in [1.82, 2.24) is 19.6 Å². The molecule has 0 aliphatic rings. The average molecular weight is 176 g/mol. The second-order valence-corrected chi connectivity index (χ2v) is 4.13. The molecule has 68 valence electrons. The van der Waals surface area contributed by atoms with Crippen LogP contribution in [0, 0.1) is 0 Å². The Kier molecular flexibility index (Phi) is 1.58. The predicted molar refractivity (Wildman–Crippen MR) is 49.5 cm³/mol. The molecule has 0 aliphatic heterocycles. The molecule has 2 heterocycles. The van der Waals surface area contributed by atoms with Crippen LogP contribution in [0.3, 0.4) is 0 Å². The van der Waals surface area contributed by atoms with Gasteiger partial charge in [0.2, 0.25) is 0 Å². The first-order valence-electron chi connectivity index (χ1n) is 4.23. The topological polar surface area (TPSA) is 43.1 Å². The standard InChI is InChI=1S/C9H12N4/c1-9(2,3)7-4-10-8-12-11-6-13(8)5-7/h4-6H,1-3H3. The van der Waals surface area contributed by atoms with E-state index in [-0.39, 0.29) is 5.41 Å². The molecule has 2 aromatic rings. The van der Waals surface area contributed by atoms with Gasteiger partial charge in [0, 0.05) is 12.4 Å². The van der Waals surface area contributed by atoms with Crippen molar-refractivity contribution in [3.63, 3.8) is 0 Å². The maximum absolute atomic E-state index is 4.20. The van der Waals surface area contributed by atoms with Crippen LogP contribution in [0.4, 0.5) is 0 Å². The number of rotatable bonds is 0. The number of hydrogen-bond acceptors (Lipinski definition) is 3. The smallest absolute Gasteiger partial charge is 0.254 e. The normalized spacial score (nSPS) is 12.2. The summed E-state index contributed by atoms with van der Waals surface area (Å²) in [5, 5.41) is 7.62. The van der Waals surface area contributed by atoms with Crippen molar-refractivity contribution in [1.29, 1.82) is 0 Å². The molecule has 0 radical (unpaired) electrons. The van der Waals surface area contributed by atoms with Crippen LogP contribution in [0.1, 0.15) is 26.3 Å². The van der Waals surface area contributed by atoms with Gasteiger partial charge < -0.3 is 0 Å². The number of fused-ring (bicyclic) bond motifs is 1. The zero-order valence-electron chi connectivity index (χ0n) is 8.02. The first-order chi connectivity index (χ1) is 6.07. The van der Waals surface area contributed by atoms with Crippen LogP contribution < -0.4 is 0 Å². The average Bonchev–Trinajstić information content (AvgIpc) is 2.47. The molecule has 2 rings (SSSR count). The van der Waals surface area contributed by atoms with E-state index in [0.717, 1.165) is 0 Å². The number of aromatic nitrogens is 4. The summed E-state index contributed by atoms with van der Waals surface area (Å²) in [4.78, 5) is 4.20.